The molecule has 20 heavy (non-hydrogen) atoms. The van der Waals surface area contributed by atoms with Crippen LogP contribution in [0, 0.1) is 5.82 Å². The second-order valence-corrected chi connectivity index (χ2v) is 4.89. The molecule has 2 nitrogen and oxygen atoms in total. The monoisotopic (exact) mass is 268 g/mol. The number of ketones is 1. The smallest absolute Gasteiger partial charge is 0.189 e. The van der Waals surface area contributed by atoms with E-state index in [1.807, 2.05) is 0 Å². The van der Waals surface area contributed by atoms with Crippen LogP contribution in [-0.2, 0) is 6.42 Å². The maximum atomic E-state index is 12.9. The standard InChI is InChI=1S/C17H13FO2/c18-14-5-1-11(2-6-14)9-13-4-3-12-10-15(19)7-8-16(12)17(13)20/h1-2,5-10,19H,3-4H2/b13-9+. The number of Topliss-reactive ketones (excluding diaryl/α,β-unsaturated/α-hetero) is 1. The van der Waals surface area contributed by atoms with Crippen LogP contribution < -0.4 is 0 Å². The molecule has 0 spiro atoms. The SMILES string of the molecule is O=C1/C(=C/c2ccc(F)cc2)CCc2cc(O)ccc21. The van der Waals surface area contributed by atoms with Crippen molar-refractivity contribution >= 4 is 11.9 Å². The third-order valence-electron chi connectivity index (χ3n) is 3.50. The van der Waals surface area contributed by atoms with Gasteiger partial charge in [0.15, 0.2) is 5.78 Å². The highest BCUT2D eigenvalue weighted by molar-refractivity contribution is 6.13. The highest BCUT2D eigenvalue weighted by Crippen LogP contribution is 2.29. The lowest BCUT2D eigenvalue weighted by molar-refractivity contribution is 0.102. The van der Waals surface area contributed by atoms with Gasteiger partial charge in [-0.3, -0.25) is 4.79 Å². The molecule has 1 aliphatic carbocycles. The lowest BCUT2D eigenvalue weighted by atomic mass is 9.86. The van der Waals surface area contributed by atoms with Crippen molar-refractivity contribution in [1.29, 1.82) is 0 Å². The maximum absolute atomic E-state index is 12.9. The Hall–Kier alpha value is -2.42. The average molecular weight is 268 g/mol. The van der Waals surface area contributed by atoms with Crippen molar-refractivity contribution in [2.75, 3.05) is 0 Å². The minimum atomic E-state index is -0.289. The first-order valence-electron chi connectivity index (χ1n) is 6.46. The largest absolute Gasteiger partial charge is 0.508 e. The fourth-order valence-electron chi connectivity index (χ4n) is 2.46. The van der Waals surface area contributed by atoms with Gasteiger partial charge in [0.1, 0.15) is 11.6 Å². The Bertz CT molecular complexity index is 699. The van der Waals surface area contributed by atoms with Gasteiger partial charge in [0.05, 0.1) is 0 Å². The van der Waals surface area contributed by atoms with Crippen LogP contribution in [0.3, 0.4) is 0 Å². The number of fused-ring (bicyclic) bond motifs is 1. The van der Waals surface area contributed by atoms with E-state index >= 15 is 0 Å². The summed E-state index contributed by atoms with van der Waals surface area (Å²) >= 11 is 0. The number of halogens is 1. The van der Waals surface area contributed by atoms with Crippen molar-refractivity contribution in [3.05, 3.63) is 70.5 Å². The number of carbonyl (C=O) groups is 1. The van der Waals surface area contributed by atoms with Crippen molar-refractivity contribution in [3.8, 4) is 5.75 Å². The number of carbonyl (C=O) groups excluding carboxylic acids is 1. The fraction of sp³-hybridized carbons (Fsp3) is 0.118. The number of benzene rings is 2. The van der Waals surface area contributed by atoms with Crippen LogP contribution in [-0.4, -0.2) is 10.9 Å². The summed E-state index contributed by atoms with van der Waals surface area (Å²) in [5.41, 5.74) is 3.06. The topological polar surface area (TPSA) is 37.3 Å². The van der Waals surface area contributed by atoms with E-state index < -0.39 is 0 Å². The first-order valence-corrected chi connectivity index (χ1v) is 6.46. The van der Waals surface area contributed by atoms with E-state index in [4.69, 9.17) is 0 Å². The molecule has 0 saturated heterocycles. The normalized spacial score (nSPS) is 16.2. The van der Waals surface area contributed by atoms with Crippen LogP contribution in [0.5, 0.6) is 5.75 Å². The summed E-state index contributed by atoms with van der Waals surface area (Å²) < 4.78 is 12.9. The summed E-state index contributed by atoms with van der Waals surface area (Å²) in [6.07, 6.45) is 3.16. The number of phenols is 1. The van der Waals surface area contributed by atoms with Gasteiger partial charge in [-0.2, -0.15) is 0 Å². The number of allylic oxidation sites excluding steroid dienone is 1. The predicted octanol–water partition coefficient (Wildman–Crippen LogP) is 3.74. The van der Waals surface area contributed by atoms with E-state index in [9.17, 15) is 14.3 Å². The number of aromatic hydroxyl groups is 1. The van der Waals surface area contributed by atoms with E-state index in [1.54, 1.807) is 30.3 Å². The summed E-state index contributed by atoms with van der Waals surface area (Å²) in [6.45, 7) is 0. The Morgan fingerprint density at radius 2 is 1.80 bits per heavy atom. The predicted molar refractivity (Wildman–Crippen MR) is 75.1 cm³/mol. The zero-order valence-electron chi connectivity index (χ0n) is 10.8. The molecule has 0 fully saturated rings. The lowest BCUT2D eigenvalue weighted by Crippen LogP contribution is -2.13. The highest BCUT2D eigenvalue weighted by atomic mass is 19.1. The molecular weight excluding hydrogens is 255 g/mol. The molecular formula is C17H13FO2. The van der Waals surface area contributed by atoms with Crippen LogP contribution in [0.1, 0.15) is 27.9 Å². The molecule has 0 radical (unpaired) electrons. The zero-order valence-corrected chi connectivity index (χ0v) is 10.8. The molecule has 100 valence electrons. The molecule has 3 rings (SSSR count). The molecule has 0 saturated carbocycles. The molecule has 0 unspecified atom stereocenters. The molecule has 0 aromatic heterocycles. The van der Waals surface area contributed by atoms with Gasteiger partial charge in [0.25, 0.3) is 0 Å². The third kappa shape index (κ3) is 2.35. The second-order valence-electron chi connectivity index (χ2n) is 4.89. The van der Waals surface area contributed by atoms with E-state index in [-0.39, 0.29) is 17.3 Å². The summed E-state index contributed by atoms with van der Waals surface area (Å²) in [5.74, 6) is -0.124. The van der Waals surface area contributed by atoms with Gasteiger partial charge >= 0.3 is 0 Å². The van der Waals surface area contributed by atoms with E-state index in [0.717, 1.165) is 23.1 Å². The third-order valence-corrected chi connectivity index (χ3v) is 3.50. The quantitative estimate of drug-likeness (QED) is 0.800. The molecule has 3 heteroatoms. The minimum absolute atomic E-state index is 0.0180. The number of aryl methyl sites for hydroxylation is 1. The van der Waals surface area contributed by atoms with Gasteiger partial charge in [-0.1, -0.05) is 12.1 Å². The van der Waals surface area contributed by atoms with Gasteiger partial charge in [0, 0.05) is 11.1 Å². The van der Waals surface area contributed by atoms with Crippen molar-refractivity contribution in [1.82, 2.24) is 0 Å². The Morgan fingerprint density at radius 3 is 2.55 bits per heavy atom. The van der Waals surface area contributed by atoms with Crippen molar-refractivity contribution < 1.29 is 14.3 Å². The first-order chi connectivity index (χ1) is 9.63. The van der Waals surface area contributed by atoms with Crippen LogP contribution >= 0.6 is 0 Å². The van der Waals surface area contributed by atoms with Gasteiger partial charge in [-0.05, 0) is 60.4 Å². The molecule has 0 amide bonds. The van der Waals surface area contributed by atoms with Crippen molar-refractivity contribution in [2.24, 2.45) is 0 Å². The van der Waals surface area contributed by atoms with Gasteiger partial charge in [-0.15, -0.1) is 0 Å². The summed E-state index contributed by atoms with van der Waals surface area (Å²) in [5, 5.41) is 9.44. The second kappa shape index (κ2) is 4.93. The zero-order chi connectivity index (χ0) is 14.1. The Labute approximate surface area is 116 Å². The molecule has 0 heterocycles. The number of hydrogen-bond donors (Lipinski definition) is 1. The molecule has 0 aliphatic heterocycles. The molecule has 1 aliphatic rings. The molecule has 2 aromatic rings. The maximum Gasteiger partial charge on any atom is 0.189 e. The molecule has 2 aromatic carbocycles. The van der Waals surface area contributed by atoms with Crippen LogP contribution in [0.4, 0.5) is 4.39 Å². The first kappa shape index (κ1) is 12.6. The Kier molecular flexibility index (Phi) is 3.11. The summed E-state index contributed by atoms with van der Waals surface area (Å²) in [7, 11) is 0. The Morgan fingerprint density at radius 1 is 1.05 bits per heavy atom. The average Bonchev–Trinajstić information content (AvgIpc) is 2.44. The summed E-state index contributed by atoms with van der Waals surface area (Å²) in [4.78, 5) is 12.4. The van der Waals surface area contributed by atoms with Crippen LogP contribution in [0.2, 0.25) is 0 Å². The molecule has 0 bridgehead atoms. The van der Waals surface area contributed by atoms with E-state index in [0.29, 0.717) is 12.0 Å². The van der Waals surface area contributed by atoms with Gasteiger partial charge in [0.2, 0.25) is 0 Å². The van der Waals surface area contributed by atoms with Crippen molar-refractivity contribution in [3.63, 3.8) is 0 Å². The van der Waals surface area contributed by atoms with Crippen LogP contribution in [0.25, 0.3) is 6.08 Å². The number of hydrogen-bond acceptors (Lipinski definition) is 2. The number of rotatable bonds is 1. The van der Waals surface area contributed by atoms with Gasteiger partial charge in [-0.25, -0.2) is 4.39 Å². The molecule has 1 N–H and O–H groups in total. The Balaban J connectivity index is 1.95. The van der Waals surface area contributed by atoms with E-state index in [1.165, 1.54) is 18.2 Å². The lowest BCUT2D eigenvalue weighted by Gasteiger charge is -2.17. The van der Waals surface area contributed by atoms with E-state index in [2.05, 4.69) is 0 Å². The van der Waals surface area contributed by atoms with Crippen LogP contribution in [0.15, 0.2) is 48.0 Å². The molecule has 0 atom stereocenters. The van der Waals surface area contributed by atoms with Crippen molar-refractivity contribution in [2.45, 2.75) is 12.8 Å². The number of phenolic OH excluding ortho intramolecular Hbond substituents is 1. The minimum Gasteiger partial charge on any atom is -0.508 e. The fourth-order valence-corrected chi connectivity index (χ4v) is 2.46. The highest BCUT2D eigenvalue weighted by Gasteiger charge is 2.21. The summed E-state index contributed by atoms with van der Waals surface area (Å²) in [6, 6.07) is 10.9. The van der Waals surface area contributed by atoms with Gasteiger partial charge < -0.3 is 5.11 Å².